The van der Waals surface area contributed by atoms with Crippen LogP contribution in [0.5, 0.6) is 0 Å². The van der Waals surface area contributed by atoms with Gasteiger partial charge in [0.25, 0.3) is 6.20 Å². The van der Waals surface area contributed by atoms with Gasteiger partial charge in [-0.15, -0.1) is 0 Å². The second-order valence-electron chi connectivity index (χ2n) is 3.75. The maximum Gasteiger partial charge on any atom is 0.273 e. The lowest BCUT2D eigenvalue weighted by atomic mass is 10.1. The topological polar surface area (TPSA) is 84.4 Å². The number of hydrogen-bond donors (Lipinski definition) is 2. The van der Waals surface area contributed by atoms with E-state index in [1.165, 1.54) is 0 Å². The highest BCUT2D eigenvalue weighted by molar-refractivity contribution is 4.92. The Hall–Kier alpha value is -1.30. The van der Waals surface area contributed by atoms with E-state index in [9.17, 15) is 10.1 Å². The molecule has 0 aromatic carbocycles. The summed E-state index contributed by atoms with van der Waals surface area (Å²) in [5, 5.41) is 13.1. The minimum atomic E-state index is -0.539. The van der Waals surface area contributed by atoms with Gasteiger partial charge < -0.3 is 16.0 Å². The molecule has 6 nitrogen and oxygen atoms in total. The van der Waals surface area contributed by atoms with Gasteiger partial charge in [0.1, 0.15) is 0 Å². The quantitative estimate of drug-likeness (QED) is 0.512. The fraction of sp³-hybridized carbons (Fsp3) is 0.778. The molecule has 0 amide bonds. The number of nitrogens with two attached hydrogens (primary N) is 1. The van der Waals surface area contributed by atoms with Gasteiger partial charge in [-0.3, -0.25) is 10.1 Å². The predicted molar refractivity (Wildman–Crippen MR) is 57.5 cm³/mol. The standard InChI is InChI=1S/C9H18N4O2/c1-2-12-5-3-4-8(6-12)11-9(10)7-13(14)15/h7-8,11H,2-6,10H2,1H3/b9-7+. The van der Waals surface area contributed by atoms with Crippen LogP contribution in [0, 0.1) is 10.1 Å². The number of likely N-dealkylation sites (tertiary alicyclic amines) is 1. The van der Waals surface area contributed by atoms with Crippen molar-refractivity contribution in [3.05, 3.63) is 22.1 Å². The van der Waals surface area contributed by atoms with E-state index in [-0.39, 0.29) is 11.9 Å². The van der Waals surface area contributed by atoms with E-state index in [0.29, 0.717) is 0 Å². The lowest BCUT2D eigenvalue weighted by molar-refractivity contribution is -0.403. The maximum atomic E-state index is 10.2. The van der Waals surface area contributed by atoms with Crippen molar-refractivity contribution in [1.29, 1.82) is 0 Å². The molecule has 6 heteroatoms. The second kappa shape index (κ2) is 5.55. The number of likely N-dealkylation sites (N-methyl/N-ethyl adjacent to an activating group) is 1. The highest BCUT2D eigenvalue weighted by Crippen LogP contribution is 2.09. The number of piperidine rings is 1. The zero-order valence-electron chi connectivity index (χ0n) is 8.98. The number of nitro groups is 1. The first-order chi connectivity index (χ1) is 7.11. The molecule has 1 aliphatic rings. The maximum absolute atomic E-state index is 10.2. The molecule has 1 fully saturated rings. The minimum absolute atomic E-state index is 0.142. The number of rotatable bonds is 4. The van der Waals surface area contributed by atoms with Gasteiger partial charge in [0.15, 0.2) is 5.82 Å². The lowest BCUT2D eigenvalue weighted by Gasteiger charge is -2.32. The van der Waals surface area contributed by atoms with Crippen molar-refractivity contribution in [2.45, 2.75) is 25.8 Å². The molecular weight excluding hydrogens is 196 g/mol. The molecule has 0 aromatic rings. The zero-order chi connectivity index (χ0) is 11.3. The third-order valence-corrected chi connectivity index (χ3v) is 2.57. The molecule has 15 heavy (non-hydrogen) atoms. The number of hydrogen-bond acceptors (Lipinski definition) is 5. The van der Waals surface area contributed by atoms with Crippen LogP contribution >= 0.6 is 0 Å². The molecule has 0 aliphatic carbocycles. The van der Waals surface area contributed by atoms with Gasteiger partial charge in [-0.1, -0.05) is 6.92 Å². The summed E-state index contributed by atoms with van der Waals surface area (Å²) < 4.78 is 0. The van der Waals surface area contributed by atoms with Crippen molar-refractivity contribution in [2.24, 2.45) is 5.73 Å². The number of nitrogens with zero attached hydrogens (tertiary/aromatic N) is 2. The molecule has 1 unspecified atom stereocenters. The third kappa shape index (κ3) is 4.16. The van der Waals surface area contributed by atoms with Crippen LogP contribution in [-0.2, 0) is 0 Å². The zero-order valence-corrected chi connectivity index (χ0v) is 8.98. The molecule has 0 bridgehead atoms. The van der Waals surface area contributed by atoms with Gasteiger partial charge in [0.2, 0.25) is 0 Å². The molecule has 0 saturated carbocycles. The fourth-order valence-corrected chi connectivity index (χ4v) is 1.85. The van der Waals surface area contributed by atoms with Crippen LogP contribution in [0.1, 0.15) is 19.8 Å². The van der Waals surface area contributed by atoms with Gasteiger partial charge >= 0.3 is 0 Å². The summed E-state index contributed by atoms with van der Waals surface area (Å²) in [6.45, 7) is 5.13. The van der Waals surface area contributed by atoms with Crippen molar-refractivity contribution in [2.75, 3.05) is 19.6 Å². The van der Waals surface area contributed by atoms with Gasteiger partial charge in [0.05, 0.1) is 4.92 Å². The first kappa shape index (κ1) is 11.8. The van der Waals surface area contributed by atoms with Crippen LogP contribution in [0.3, 0.4) is 0 Å². The first-order valence-electron chi connectivity index (χ1n) is 5.21. The van der Waals surface area contributed by atoms with Crippen LogP contribution in [0.4, 0.5) is 0 Å². The van der Waals surface area contributed by atoms with E-state index in [1.54, 1.807) is 0 Å². The molecule has 1 atom stereocenters. The van der Waals surface area contributed by atoms with E-state index < -0.39 is 4.92 Å². The molecule has 1 heterocycles. The molecule has 0 radical (unpaired) electrons. The fourth-order valence-electron chi connectivity index (χ4n) is 1.85. The summed E-state index contributed by atoms with van der Waals surface area (Å²) in [5.74, 6) is 0.142. The molecular formula is C9H18N4O2. The van der Waals surface area contributed by atoms with Crippen molar-refractivity contribution in [3.8, 4) is 0 Å². The second-order valence-corrected chi connectivity index (χ2v) is 3.75. The Morgan fingerprint density at radius 1 is 1.80 bits per heavy atom. The van der Waals surface area contributed by atoms with Crippen LogP contribution in [-0.4, -0.2) is 35.5 Å². The van der Waals surface area contributed by atoms with E-state index in [0.717, 1.165) is 38.7 Å². The average Bonchev–Trinajstić information content (AvgIpc) is 2.16. The van der Waals surface area contributed by atoms with Crippen LogP contribution in [0.25, 0.3) is 0 Å². The van der Waals surface area contributed by atoms with E-state index >= 15 is 0 Å². The van der Waals surface area contributed by atoms with E-state index in [2.05, 4.69) is 17.1 Å². The smallest absolute Gasteiger partial charge is 0.273 e. The van der Waals surface area contributed by atoms with Crippen molar-refractivity contribution >= 4 is 0 Å². The predicted octanol–water partition coefficient (Wildman–Crippen LogP) is 0.0946. The van der Waals surface area contributed by atoms with Gasteiger partial charge in [-0.2, -0.15) is 0 Å². The third-order valence-electron chi connectivity index (χ3n) is 2.57. The highest BCUT2D eigenvalue weighted by atomic mass is 16.6. The highest BCUT2D eigenvalue weighted by Gasteiger charge is 2.18. The summed E-state index contributed by atoms with van der Waals surface area (Å²) >= 11 is 0. The van der Waals surface area contributed by atoms with E-state index in [1.807, 2.05) is 0 Å². The Morgan fingerprint density at radius 3 is 3.13 bits per heavy atom. The largest absolute Gasteiger partial charge is 0.380 e. The van der Waals surface area contributed by atoms with Gasteiger partial charge in [0, 0.05) is 12.6 Å². The summed E-state index contributed by atoms with van der Waals surface area (Å²) in [4.78, 5) is 11.9. The Morgan fingerprint density at radius 2 is 2.53 bits per heavy atom. The summed E-state index contributed by atoms with van der Waals surface area (Å²) in [7, 11) is 0. The summed E-state index contributed by atoms with van der Waals surface area (Å²) in [6, 6.07) is 0.231. The van der Waals surface area contributed by atoms with Crippen molar-refractivity contribution < 1.29 is 4.92 Å². The minimum Gasteiger partial charge on any atom is -0.380 e. The van der Waals surface area contributed by atoms with Crippen molar-refractivity contribution in [1.82, 2.24) is 10.2 Å². The van der Waals surface area contributed by atoms with E-state index in [4.69, 9.17) is 5.73 Å². The first-order valence-corrected chi connectivity index (χ1v) is 5.21. The molecule has 86 valence electrons. The molecule has 0 aromatic heterocycles. The van der Waals surface area contributed by atoms with Crippen LogP contribution in [0.15, 0.2) is 12.0 Å². The molecule has 1 aliphatic heterocycles. The monoisotopic (exact) mass is 214 g/mol. The summed E-state index contributed by atoms with van der Waals surface area (Å²) in [6.07, 6.45) is 2.94. The number of nitrogens with one attached hydrogen (secondary N) is 1. The molecule has 0 spiro atoms. The lowest BCUT2D eigenvalue weighted by Crippen LogP contribution is -2.46. The van der Waals surface area contributed by atoms with Crippen LogP contribution < -0.4 is 11.1 Å². The molecule has 1 rings (SSSR count). The summed E-state index contributed by atoms with van der Waals surface area (Å²) in [5.41, 5.74) is 5.48. The Kier molecular flexibility index (Phi) is 4.36. The normalized spacial score (nSPS) is 23.8. The van der Waals surface area contributed by atoms with Crippen molar-refractivity contribution in [3.63, 3.8) is 0 Å². The SMILES string of the molecule is CCN1CCCC(N/C(N)=C/[N+](=O)[O-])C1. The Bertz CT molecular complexity index is 254. The molecule has 3 N–H and O–H groups in total. The van der Waals surface area contributed by atoms with Gasteiger partial charge in [-0.05, 0) is 25.9 Å². The Balaban J connectivity index is 2.41. The van der Waals surface area contributed by atoms with Gasteiger partial charge in [-0.25, -0.2) is 0 Å². The molecule has 1 saturated heterocycles. The Labute approximate surface area is 89.3 Å². The average molecular weight is 214 g/mol. The van der Waals surface area contributed by atoms with Crippen LogP contribution in [0.2, 0.25) is 0 Å².